The van der Waals surface area contributed by atoms with Crippen LogP contribution in [0.4, 0.5) is 0 Å². The lowest BCUT2D eigenvalue weighted by molar-refractivity contribution is -0.138. The minimum Gasteiger partial charge on any atom is -0.328 e. The van der Waals surface area contributed by atoms with Crippen LogP contribution >= 0.6 is 0 Å². The maximum Gasteiger partial charge on any atom is 0.243 e. The van der Waals surface area contributed by atoms with Gasteiger partial charge in [-0.05, 0) is 19.8 Å². The Balaban J connectivity index is 2.82. The third kappa shape index (κ3) is 2.10. The van der Waals surface area contributed by atoms with E-state index in [1.807, 2.05) is 13.0 Å². The molecular weight excluding hydrogens is 190 g/mol. The van der Waals surface area contributed by atoms with Crippen LogP contribution in [-0.4, -0.2) is 23.9 Å². The van der Waals surface area contributed by atoms with Crippen molar-refractivity contribution in [1.29, 1.82) is 10.5 Å². The lowest BCUT2D eigenvalue weighted by Gasteiger charge is -2.26. The second kappa shape index (κ2) is 4.79. The molecule has 0 N–H and O–H groups in total. The van der Waals surface area contributed by atoms with Gasteiger partial charge in [0.15, 0.2) is 0 Å². The maximum absolute atomic E-state index is 12.1. The predicted octanol–water partition coefficient (Wildman–Crippen LogP) is 1.44. The van der Waals surface area contributed by atoms with E-state index < -0.39 is 5.41 Å². The van der Waals surface area contributed by atoms with Gasteiger partial charge < -0.3 is 4.90 Å². The molecule has 1 aliphatic carbocycles. The summed E-state index contributed by atoms with van der Waals surface area (Å²) in [6.07, 6.45) is 3.15. The summed E-state index contributed by atoms with van der Waals surface area (Å²) in [5.41, 5.74) is -0.840. The van der Waals surface area contributed by atoms with Crippen molar-refractivity contribution in [2.75, 3.05) is 13.1 Å². The fourth-order valence-electron chi connectivity index (χ4n) is 2.07. The van der Waals surface area contributed by atoms with Crippen molar-refractivity contribution < 1.29 is 4.79 Å². The highest BCUT2D eigenvalue weighted by molar-refractivity contribution is 5.86. The zero-order valence-corrected chi connectivity index (χ0v) is 8.99. The minimum absolute atomic E-state index is 0.0821. The van der Waals surface area contributed by atoms with Gasteiger partial charge in [-0.15, -0.1) is 0 Å². The van der Waals surface area contributed by atoms with Crippen molar-refractivity contribution in [1.82, 2.24) is 4.90 Å². The summed E-state index contributed by atoms with van der Waals surface area (Å²) in [7, 11) is 0. The molecule has 15 heavy (non-hydrogen) atoms. The van der Waals surface area contributed by atoms with Crippen molar-refractivity contribution in [3.05, 3.63) is 0 Å². The van der Waals surface area contributed by atoms with E-state index in [9.17, 15) is 4.79 Å². The van der Waals surface area contributed by atoms with Crippen LogP contribution in [0.2, 0.25) is 0 Å². The molecule has 0 atom stereocenters. The van der Waals surface area contributed by atoms with Crippen LogP contribution in [0.1, 0.15) is 32.6 Å². The topological polar surface area (TPSA) is 67.9 Å². The van der Waals surface area contributed by atoms with Gasteiger partial charge in [-0.3, -0.25) is 4.79 Å². The van der Waals surface area contributed by atoms with E-state index in [2.05, 4.69) is 6.07 Å². The first-order valence-electron chi connectivity index (χ1n) is 5.28. The molecule has 1 aliphatic rings. The van der Waals surface area contributed by atoms with Crippen LogP contribution in [0.25, 0.3) is 0 Å². The molecule has 0 heterocycles. The van der Waals surface area contributed by atoms with Gasteiger partial charge in [0.05, 0.1) is 12.1 Å². The lowest BCUT2D eigenvalue weighted by Crippen LogP contribution is -2.42. The molecule has 0 aliphatic heterocycles. The Morgan fingerprint density at radius 1 is 1.40 bits per heavy atom. The van der Waals surface area contributed by atoms with E-state index in [0.717, 1.165) is 12.8 Å². The third-order valence-corrected chi connectivity index (χ3v) is 3.01. The molecule has 0 spiro atoms. The standard InChI is InChI=1S/C11H15N3O/c1-2-14(8-7-12)10(15)11(9-13)5-3-4-6-11/h2-6,8H2,1H3. The van der Waals surface area contributed by atoms with E-state index in [1.165, 1.54) is 4.90 Å². The highest BCUT2D eigenvalue weighted by atomic mass is 16.2. The van der Waals surface area contributed by atoms with E-state index in [0.29, 0.717) is 19.4 Å². The zero-order chi connectivity index (χ0) is 11.3. The van der Waals surface area contributed by atoms with Gasteiger partial charge >= 0.3 is 0 Å². The number of rotatable bonds is 3. The maximum atomic E-state index is 12.1. The van der Waals surface area contributed by atoms with E-state index in [-0.39, 0.29) is 12.5 Å². The van der Waals surface area contributed by atoms with Crippen molar-refractivity contribution in [3.63, 3.8) is 0 Å². The largest absolute Gasteiger partial charge is 0.328 e. The van der Waals surface area contributed by atoms with Crippen molar-refractivity contribution in [3.8, 4) is 12.1 Å². The normalized spacial score (nSPS) is 17.8. The summed E-state index contributed by atoms with van der Waals surface area (Å²) in [4.78, 5) is 13.5. The molecule has 4 heteroatoms. The van der Waals surface area contributed by atoms with Crippen LogP contribution in [0.3, 0.4) is 0 Å². The molecule has 1 saturated carbocycles. The molecule has 0 radical (unpaired) electrons. The highest BCUT2D eigenvalue weighted by Gasteiger charge is 2.43. The number of hydrogen-bond acceptors (Lipinski definition) is 3. The van der Waals surface area contributed by atoms with Gasteiger partial charge in [0.2, 0.25) is 5.91 Å². The highest BCUT2D eigenvalue weighted by Crippen LogP contribution is 2.38. The fourth-order valence-corrected chi connectivity index (χ4v) is 2.07. The fraction of sp³-hybridized carbons (Fsp3) is 0.727. The van der Waals surface area contributed by atoms with Crippen LogP contribution in [-0.2, 0) is 4.79 Å². The Kier molecular flexibility index (Phi) is 3.68. The SMILES string of the molecule is CCN(CC#N)C(=O)C1(C#N)CCCC1. The van der Waals surface area contributed by atoms with Crippen LogP contribution in [0, 0.1) is 28.1 Å². The molecule has 1 fully saturated rings. The number of amides is 1. The first-order valence-corrected chi connectivity index (χ1v) is 5.28. The summed E-state index contributed by atoms with van der Waals surface area (Å²) in [5.74, 6) is -0.161. The van der Waals surface area contributed by atoms with E-state index in [1.54, 1.807) is 0 Å². The summed E-state index contributed by atoms with van der Waals surface area (Å²) >= 11 is 0. The average Bonchev–Trinajstić information content (AvgIpc) is 2.74. The third-order valence-electron chi connectivity index (χ3n) is 3.01. The molecule has 0 aromatic rings. The number of hydrogen-bond donors (Lipinski definition) is 0. The predicted molar refractivity (Wildman–Crippen MR) is 54.4 cm³/mol. The molecule has 0 saturated heterocycles. The van der Waals surface area contributed by atoms with Gasteiger partial charge in [-0.25, -0.2) is 0 Å². The Morgan fingerprint density at radius 2 is 2.00 bits per heavy atom. The van der Waals surface area contributed by atoms with Crippen LogP contribution < -0.4 is 0 Å². The van der Waals surface area contributed by atoms with Crippen molar-refractivity contribution in [2.24, 2.45) is 5.41 Å². The van der Waals surface area contributed by atoms with Gasteiger partial charge in [0.1, 0.15) is 12.0 Å². The molecule has 4 nitrogen and oxygen atoms in total. The number of nitrogens with zero attached hydrogens (tertiary/aromatic N) is 3. The molecule has 1 amide bonds. The van der Waals surface area contributed by atoms with Gasteiger partial charge in [-0.2, -0.15) is 10.5 Å². The molecule has 0 aromatic heterocycles. The molecule has 80 valence electrons. The first kappa shape index (κ1) is 11.5. The monoisotopic (exact) mass is 205 g/mol. The quantitative estimate of drug-likeness (QED) is 0.655. The van der Waals surface area contributed by atoms with Crippen molar-refractivity contribution >= 4 is 5.91 Å². The average molecular weight is 205 g/mol. The first-order chi connectivity index (χ1) is 7.20. The lowest BCUT2D eigenvalue weighted by atomic mass is 9.86. The van der Waals surface area contributed by atoms with Gasteiger partial charge in [0.25, 0.3) is 0 Å². The summed E-state index contributed by atoms with van der Waals surface area (Å²) in [6, 6.07) is 4.11. The van der Waals surface area contributed by atoms with E-state index >= 15 is 0 Å². The molecule has 0 aromatic carbocycles. The molecular formula is C11H15N3O. The zero-order valence-electron chi connectivity index (χ0n) is 8.99. The Hall–Kier alpha value is -1.55. The summed E-state index contributed by atoms with van der Waals surface area (Å²) in [5, 5.41) is 17.7. The van der Waals surface area contributed by atoms with Crippen LogP contribution in [0.5, 0.6) is 0 Å². The Morgan fingerprint density at radius 3 is 2.40 bits per heavy atom. The minimum atomic E-state index is -0.840. The Bertz CT molecular complexity index is 318. The number of carbonyl (C=O) groups is 1. The molecule has 0 unspecified atom stereocenters. The van der Waals surface area contributed by atoms with Crippen molar-refractivity contribution in [2.45, 2.75) is 32.6 Å². The number of carbonyl (C=O) groups excluding carboxylic acids is 1. The summed E-state index contributed by atoms with van der Waals surface area (Å²) < 4.78 is 0. The van der Waals surface area contributed by atoms with Gasteiger partial charge in [0, 0.05) is 6.54 Å². The van der Waals surface area contributed by atoms with Gasteiger partial charge in [-0.1, -0.05) is 12.8 Å². The Labute approximate surface area is 90.1 Å². The molecule has 0 bridgehead atoms. The summed E-state index contributed by atoms with van der Waals surface area (Å²) in [6.45, 7) is 2.41. The molecule has 1 rings (SSSR count). The smallest absolute Gasteiger partial charge is 0.243 e. The number of nitriles is 2. The van der Waals surface area contributed by atoms with Crippen LogP contribution in [0.15, 0.2) is 0 Å². The second-order valence-electron chi connectivity index (χ2n) is 3.88. The second-order valence-corrected chi connectivity index (χ2v) is 3.88. The van der Waals surface area contributed by atoms with E-state index in [4.69, 9.17) is 10.5 Å².